The molecule has 3 N–H and O–H groups in total. The number of unbranched alkanes of at least 4 members (excludes halogenated alkanes) is 1. The number of amides is 3. The third kappa shape index (κ3) is 29.4. The van der Waals surface area contributed by atoms with Crippen LogP contribution in [0.15, 0.2) is 60.8 Å². The molecule has 48 heavy (non-hydrogen) atoms. The predicted octanol–water partition coefficient (Wildman–Crippen LogP) is 8.60. The van der Waals surface area contributed by atoms with Crippen LogP contribution in [-0.4, -0.2) is 67.2 Å². The van der Waals surface area contributed by atoms with E-state index in [1.54, 1.807) is 44.6 Å². The molecule has 0 aromatic carbocycles. The molecule has 0 rings (SSSR count). The lowest BCUT2D eigenvalue weighted by Crippen LogP contribution is -2.47. The van der Waals surface area contributed by atoms with Crippen LogP contribution in [0.5, 0.6) is 0 Å². The number of carbonyl (C=O) groups excluding carboxylic acids is 3. The van der Waals surface area contributed by atoms with E-state index in [4.69, 9.17) is 7.80 Å². The van der Waals surface area contributed by atoms with Crippen LogP contribution in [0.25, 0.3) is 0 Å². The van der Waals surface area contributed by atoms with Crippen molar-refractivity contribution in [2.24, 2.45) is 5.41 Å². The number of ether oxygens (including phenoxy) is 1. The van der Waals surface area contributed by atoms with Crippen LogP contribution in [0.4, 0.5) is 0 Å². The molecule has 0 saturated carbocycles. The van der Waals surface area contributed by atoms with Crippen LogP contribution < -0.4 is 16.0 Å². The fourth-order valence-corrected chi connectivity index (χ4v) is 6.63. The average Bonchev–Trinajstić information content (AvgIpc) is 3.02. The van der Waals surface area contributed by atoms with Gasteiger partial charge in [-0.1, -0.05) is 103 Å². The Balaban J connectivity index is 3.76. The zero-order valence-corrected chi connectivity index (χ0v) is 34.0. The number of rotatable bonds is 28. The van der Waals surface area contributed by atoms with Crippen molar-refractivity contribution in [1.82, 2.24) is 16.0 Å². The molecule has 0 bridgehead atoms. The predicted molar refractivity (Wildman–Crippen MR) is 215 cm³/mol. The smallest absolute Gasteiger partial charge is 0.250 e. The van der Waals surface area contributed by atoms with Gasteiger partial charge in [-0.25, -0.2) is 0 Å². The molecule has 274 valence electrons. The van der Waals surface area contributed by atoms with Gasteiger partial charge in [0.15, 0.2) is 6.10 Å². The monoisotopic (exact) mass is 819 g/mol. The Morgan fingerprint density at radius 2 is 1.17 bits per heavy atom. The normalized spacial score (nSPS) is 13.4. The molecular formula is C37H62IN3O5S2. The molecule has 8 nitrogen and oxygen atoms in total. The largest absolute Gasteiger partial charge is 0.375 e. The zero-order chi connectivity index (χ0) is 35.9. The van der Waals surface area contributed by atoms with Crippen molar-refractivity contribution in [3.05, 3.63) is 60.8 Å². The number of allylic oxidation sites excluding steroid dienone is 10. The Hall–Kier alpha value is -1.54. The molecule has 0 aromatic heterocycles. The molecule has 0 aliphatic carbocycles. The van der Waals surface area contributed by atoms with Crippen LogP contribution in [0.3, 0.4) is 0 Å². The molecule has 0 heterocycles. The minimum absolute atomic E-state index is 0.0884. The van der Waals surface area contributed by atoms with Crippen LogP contribution in [0.2, 0.25) is 0 Å². The molecule has 0 saturated heterocycles. The van der Waals surface area contributed by atoms with E-state index >= 15 is 0 Å². The topological polar surface area (TPSA) is 106 Å². The molecular weight excluding hydrogens is 757 g/mol. The fourth-order valence-electron chi connectivity index (χ4n) is 3.89. The second kappa shape index (κ2) is 30.3. The van der Waals surface area contributed by atoms with Crippen LogP contribution >= 0.6 is 44.6 Å². The van der Waals surface area contributed by atoms with Crippen LogP contribution in [-0.2, 0) is 22.2 Å². The summed E-state index contributed by atoms with van der Waals surface area (Å²) in [7, 11) is 3.34. The van der Waals surface area contributed by atoms with Gasteiger partial charge in [-0.2, -0.15) is 0 Å². The first-order valence-corrected chi connectivity index (χ1v) is 20.5. The van der Waals surface area contributed by atoms with E-state index in [0.717, 1.165) is 56.5 Å². The lowest BCUT2D eigenvalue weighted by molar-refractivity contribution is -0.136. The van der Waals surface area contributed by atoms with Crippen LogP contribution in [0.1, 0.15) is 99.3 Å². The first-order valence-electron chi connectivity index (χ1n) is 17.1. The van der Waals surface area contributed by atoms with E-state index < -0.39 is 11.5 Å². The summed E-state index contributed by atoms with van der Waals surface area (Å²) in [6, 6.07) is 0. The van der Waals surface area contributed by atoms with E-state index in [1.807, 2.05) is 34.6 Å². The average molecular weight is 820 g/mol. The first-order chi connectivity index (χ1) is 22.9. The number of nitrogens with one attached hydrogen (secondary N) is 3. The number of hydrogen-bond acceptors (Lipinski definition) is 7. The zero-order valence-electron chi connectivity index (χ0n) is 30.2. The highest BCUT2D eigenvalue weighted by molar-refractivity contribution is 14.1. The Kier molecular flexibility index (Phi) is 29.3. The highest BCUT2D eigenvalue weighted by Gasteiger charge is 2.37. The molecule has 0 radical (unpaired) electrons. The third-order valence-electron chi connectivity index (χ3n) is 6.60. The maximum absolute atomic E-state index is 12.7. The van der Waals surface area contributed by atoms with Gasteiger partial charge < -0.3 is 23.8 Å². The molecule has 3 amide bonds. The van der Waals surface area contributed by atoms with Gasteiger partial charge in [0.1, 0.15) is 23.0 Å². The maximum Gasteiger partial charge on any atom is 0.250 e. The molecule has 0 fully saturated rings. The van der Waals surface area contributed by atoms with Crippen LogP contribution in [0, 0.1) is 5.41 Å². The van der Waals surface area contributed by atoms with Gasteiger partial charge in [0.05, 0.1) is 12.2 Å². The molecule has 11 heteroatoms. The SMILES string of the molecule is CC/C=C\C/C=C\C/C=C\C/C=C\C/C=C\CCCC(=O)NCCSSCCNC(=O)CCNC(=O)[C@H](OI)C(C)(C)COC(C)(C)C. The van der Waals surface area contributed by atoms with E-state index in [0.29, 0.717) is 26.1 Å². The molecule has 0 spiro atoms. The van der Waals surface area contributed by atoms with Crippen molar-refractivity contribution in [2.75, 3.05) is 37.7 Å². The minimum atomic E-state index is -0.698. The second-order valence-electron chi connectivity index (χ2n) is 12.8. The standard InChI is InChI=1S/C37H62IN3O5S2/c1-7-8-9-10-11-12-13-14-15-16-17-18-19-20-21-22-23-24-32(42)39-27-29-47-48-30-28-40-33(43)25-26-41-35(44)34(46-38)37(5,6)31-45-36(2,3)4/h8-9,11-12,14-15,17-18,20-21,34H,7,10,13,16,19,22-31H2,1-6H3,(H,39,42)(H,40,43)(H,41,44)/b9-8-,12-11-,15-14-,18-17-,21-20-/t34-/m0/s1. The molecule has 0 aromatic rings. The van der Waals surface area contributed by atoms with Crippen molar-refractivity contribution >= 4 is 62.3 Å². The first kappa shape index (κ1) is 46.5. The van der Waals surface area contributed by atoms with Crippen molar-refractivity contribution in [1.29, 1.82) is 0 Å². The minimum Gasteiger partial charge on any atom is -0.375 e. The molecule has 1 atom stereocenters. The summed E-state index contributed by atoms with van der Waals surface area (Å²) in [5.41, 5.74) is -0.844. The van der Waals surface area contributed by atoms with Gasteiger partial charge in [-0.05, 0) is 65.7 Å². The van der Waals surface area contributed by atoms with E-state index in [1.165, 1.54) is 0 Å². The Morgan fingerprint density at radius 3 is 1.65 bits per heavy atom. The second-order valence-corrected chi connectivity index (χ2v) is 16.1. The summed E-state index contributed by atoms with van der Waals surface area (Å²) < 4.78 is 11.3. The van der Waals surface area contributed by atoms with Gasteiger partial charge in [0.25, 0.3) is 5.91 Å². The highest BCUT2D eigenvalue weighted by Crippen LogP contribution is 2.28. The summed E-state index contributed by atoms with van der Waals surface area (Å²) in [6.07, 6.45) is 28.6. The number of hydrogen-bond donors (Lipinski definition) is 3. The fraction of sp³-hybridized carbons (Fsp3) is 0.649. The van der Waals surface area contributed by atoms with Gasteiger partial charge in [0, 0.05) is 49.4 Å². The lowest BCUT2D eigenvalue weighted by atomic mass is 9.86. The molecule has 0 aliphatic heterocycles. The quantitative estimate of drug-likeness (QED) is 0.0315. The lowest BCUT2D eigenvalue weighted by Gasteiger charge is -2.34. The van der Waals surface area contributed by atoms with Gasteiger partial charge >= 0.3 is 0 Å². The third-order valence-corrected chi connectivity index (χ3v) is 9.51. The van der Waals surface area contributed by atoms with E-state index in [-0.39, 0.29) is 36.3 Å². The highest BCUT2D eigenvalue weighted by atomic mass is 127. The molecule has 0 unspecified atom stereocenters. The summed E-state index contributed by atoms with van der Waals surface area (Å²) in [4.78, 5) is 36.9. The number of halogens is 1. The van der Waals surface area contributed by atoms with E-state index in [2.05, 4.69) is 83.6 Å². The number of carbonyl (C=O) groups is 3. The Morgan fingerprint density at radius 1 is 0.688 bits per heavy atom. The van der Waals surface area contributed by atoms with Gasteiger partial charge in [-0.15, -0.1) is 0 Å². The van der Waals surface area contributed by atoms with Crippen molar-refractivity contribution in [2.45, 2.75) is 111 Å². The molecule has 0 aliphatic rings. The van der Waals surface area contributed by atoms with Crippen molar-refractivity contribution < 1.29 is 22.2 Å². The summed E-state index contributed by atoms with van der Waals surface area (Å²) in [6.45, 7) is 13.7. The van der Waals surface area contributed by atoms with Crippen molar-refractivity contribution in [3.63, 3.8) is 0 Å². The van der Waals surface area contributed by atoms with E-state index in [9.17, 15) is 14.4 Å². The summed E-state index contributed by atoms with van der Waals surface area (Å²) in [5.74, 6) is 1.29. The Bertz CT molecular complexity index is 1020. The maximum atomic E-state index is 12.7. The van der Waals surface area contributed by atoms with Crippen molar-refractivity contribution in [3.8, 4) is 0 Å². The van der Waals surface area contributed by atoms with Gasteiger partial charge in [0.2, 0.25) is 11.8 Å². The van der Waals surface area contributed by atoms with Gasteiger partial charge in [-0.3, -0.25) is 14.4 Å². The summed E-state index contributed by atoms with van der Waals surface area (Å²) in [5, 5.41) is 8.65. The Labute approximate surface area is 313 Å². The summed E-state index contributed by atoms with van der Waals surface area (Å²) >= 11 is 1.74.